The third-order valence-electron chi connectivity index (χ3n) is 2.84. The van der Waals surface area contributed by atoms with Gasteiger partial charge in [0.05, 0.1) is 23.4 Å². The van der Waals surface area contributed by atoms with Gasteiger partial charge in [0.15, 0.2) is 0 Å². The highest BCUT2D eigenvalue weighted by Crippen LogP contribution is 2.19. The van der Waals surface area contributed by atoms with E-state index in [1.165, 1.54) is 12.1 Å². The van der Waals surface area contributed by atoms with Crippen LogP contribution < -0.4 is 5.32 Å². The van der Waals surface area contributed by atoms with Crippen molar-refractivity contribution in [2.45, 2.75) is 6.10 Å². The van der Waals surface area contributed by atoms with E-state index >= 15 is 0 Å². The number of hydrogen-bond acceptors (Lipinski definition) is 3. The van der Waals surface area contributed by atoms with Crippen LogP contribution in [0.1, 0.15) is 17.2 Å². The molecular weight excluding hydrogens is 279 g/mol. The minimum absolute atomic E-state index is 0.157. The second-order valence-electron chi connectivity index (χ2n) is 4.25. The highest BCUT2D eigenvalue weighted by molar-refractivity contribution is 6.30. The lowest BCUT2D eigenvalue weighted by Crippen LogP contribution is -2.13. The molecule has 0 bridgehead atoms. The number of anilines is 1. The Kier molecular flexibility index (Phi) is 4.57. The lowest BCUT2D eigenvalue weighted by Gasteiger charge is -2.13. The van der Waals surface area contributed by atoms with Crippen molar-refractivity contribution in [2.75, 3.05) is 11.9 Å². The number of halogens is 2. The SMILES string of the molecule is N#Cc1ccc(NCC(O)c2ccc(Cl)cc2)c(F)c1. The van der Waals surface area contributed by atoms with E-state index in [9.17, 15) is 9.50 Å². The van der Waals surface area contributed by atoms with Gasteiger partial charge in [-0.1, -0.05) is 23.7 Å². The van der Waals surface area contributed by atoms with Gasteiger partial charge >= 0.3 is 0 Å². The summed E-state index contributed by atoms with van der Waals surface area (Å²) in [6.07, 6.45) is -0.776. The maximum Gasteiger partial charge on any atom is 0.147 e. The van der Waals surface area contributed by atoms with Crippen molar-refractivity contribution >= 4 is 17.3 Å². The Hall–Kier alpha value is -2.09. The lowest BCUT2D eigenvalue weighted by atomic mass is 10.1. The van der Waals surface area contributed by atoms with Crippen molar-refractivity contribution in [3.8, 4) is 6.07 Å². The molecule has 5 heteroatoms. The van der Waals surface area contributed by atoms with E-state index in [0.717, 1.165) is 6.07 Å². The summed E-state index contributed by atoms with van der Waals surface area (Å²) in [6, 6.07) is 12.8. The topological polar surface area (TPSA) is 56.0 Å². The predicted octanol–water partition coefficient (Wildman–Crippen LogP) is 3.50. The zero-order chi connectivity index (χ0) is 14.5. The summed E-state index contributed by atoms with van der Waals surface area (Å²) in [5.41, 5.74) is 1.19. The van der Waals surface area contributed by atoms with Gasteiger partial charge in [-0.15, -0.1) is 0 Å². The van der Waals surface area contributed by atoms with Crippen LogP contribution >= 0.6 is 11.6 Å². The molecule has 0 fully saturated rings. The maximum absolute atomic E-state index is 13.6. The summed E-state index contributed by atoms with van der Waals surface area (Å²) in [5.74, 6) is -0.521. The molecule has 0 radical (unpaired) electrons. The molecule has 1 unspecified atom stereocenters. The fourth-order valence-corrected chi connectivity index (χ4v) is 1.86. The van der Waals surface area contributed by atoms with Gasteiger partial charge in [-0.2, -0.15) is 5.26 Å². The van der Waals surface area contributed by atoms with E-state index < -0.39 is 11.9 Å². The van der Waals surface area contributed by atoms with Crippen LogP contribution in [-0.2, 0) is 0 Å². The summed E-state index contributed by atoms with van der Waals surface area (Å²) in [5, 5.41) is 22.0. The standard InChI is InChI=1S/C15H12ClFN2O/c16-12-4-2-11(3-5-12)15(20)9-19-14-6-1-10(8-18)7-13(14)17/h1-7,15,19-20H,9H2. The van der Waals surface area contributed by atoms with Crippen molar-refractivity contribution in [2.24, 2.45) is 0 Å². The Morgan fingerprint density at radius 1 is 1.25 bits per heavy atom. The van der Waals surface area contributed by atoms with Gasteiger partial charge in [0.25, 0.3) is 0 Å². The Balaban J connectivity index is 2.01. The number of nitriles is 1. The number of nitrogens with one attached hydrogen (secondary N) is 1. The molecule has 1 atom stereocenters. The molecule has 102 valence electrons. The number of hydrogen-bond donors (Lipinski definition) is 2. The zero-order valence-electron chi connectivity index (χ0n) is 10.5. The summed E-state index contributed by atoms with van der Waals surface area (Å²) in [7, 11) is 0. The minimum atomic E-state index is -0.776. The van der Waals surface area contributed by atoms with Crippen LogP contribution in [0.5, 0.6) is 0 Å². The highest BCUT2D eigenvalue weighted by atomic mass is 35.5. The summed E-state index contributed by atoms with van der Waals surface area (Å²) in [4.78, 5) is 0. The van der Waals surface area contributed by atoms with Gasteiger partial charge in [-0.25, -0.2) is 4.39 Å². The van der Waals surface area contributed by atoms with E-state index in [2.05, 4.69) is 5.32 Å². The van der Waals surface area contributed by atoms with Crippen LogP contribution in [0.2, 0.25) is 5.02 Å². The third kappa shape index (κ3) is 3.47. The van der Waals surface area contributed by atoms with E-state index in [0.29, 0.717) is 10.6 Å². The van der Waals surface area contributed by atoms with E-state index in [-0.39, 0.29) is 17.8 Å². The molecule has 2 aromatic rings. The second-order valence-corrected chi connectivity index (χ2v) is 4.69. The molecule has 3 nitrogen and oxygen atoms in total. The van der Waals surface area contributed by atoms with Gasteiger partial charge in [0.1, 0.15) is 5.82 Å². The number of rotatable bonds is 4. The smallest absolute Gasteiger partial charge is 0.147 e. The molecule has 0 heterocycles. The predicted molar refractivity (Wildman–Crippen MR) is 76.0 cm³/mol. The lowest BCUT2D eigenvalue weighted by molar-refractivity contribution is 0.191. The summed E-state index contributed by atoms with van der Waals surface area (Å²) >= 11 is 5.77. The first-order valence-electron chi connectivity index (χ1n) is 5.97. The fourth-order valence-electron chi connectivity index (χ4n) is 1.74. The average Bonchev–Trinajstić information content (AvgIpc) is 2.46. The molecule has 0 aliphatic heterocycles. The largest absolute Gasteiger partial charge is 0.387 e. The van der Waals surface area contributed by atoms with Gasteiger partial charge in [-0.05, 0) is 35.9 Å². The van der Waals surface area contributed by atoms with Crippen molar-refractivity contribution in [3.05, 3.63) is 64.4 Å². The first-order valence-corrected chi connectivity index (χ1v) is 6.35. The third-order valence-corrected chi connectivity index (χ3v) is 3.09. The number of aliphatic hydroxyl groups is 1. The molecule has 0 aliphatic rings. The fraction of sp³-hybridized carbons (Fsp3) is 0.133. The van der Waals surface area contributed by atoms with Crippen molar-refractivity contribution in [1.82, 2.24) is 0 Å². The number of benzene rings is 2. The van der Waals surface area contributed by atoms with E-state index in [1.807, 2.05) is 6.07 Å². The molecule has 0 amide bonds. The van der Waals surface area contributed by atoms with Crippen LogP contribution in [0, 0.1) is 17.1 Å². The Morgan fingerprint density at radius 3 is 2.55 bits per heavy atom. The van der Waals surface area contributed by atoms with Crippen LogP contribution in [0.15, 0.2) is 42.5 Å². The Bertz CT molecular complexity index is 637. The first kappa shape index (κ1) is 14.3. The monoisotopic (exact) mass is 290 g/mol. The Labute approximate surface area is 121 Å². The van der Waals surface area contributed by atoms with Crippen LogP contribution in [0.4, 0.5) is 10.1 Å². The van der Waals surface area contributed by atoms with Crippen LogP contribution in [0.25, 0.3) is 0 Å². The van der Waals surface area contributed by atoms with E-state index in [1.54, 1.807) is 24.3 Å². The average molecular weight is 291 g/mol. The Morgan fingerprint density at radius 2 is 1.95 bits per heavy atom. The molecular formula is C15H12ClFN2O. The van der Waals surface area contributed by atoms with E-state index in [4.69, 9.17) is 16.9 Å². The maximum atomic E-state index is 13.6. The van der Waals surface area contributed by atoms with Crippen molar-refractivity contribution in [3.63, 3.8) is 0 Å². The molecule has 0 saturated heterocycles. The normalized spacial score (nSPS) is 11.7. The molecule has 0 aliphatic carbocycles. The van der Waals surface area contributed by atoms with Gasteiger partial charge in [0.2, 0.25) is 0 Å². The molecule has 2 rings (SSSR count). The van der Waals surface area contributed by atoms with Crippen molar-refractivity contribution < 1.29 is 9.50 Å². The van der Waals surface area contributed by atoms with Gasteiger partial charge < -0.3 is 10.4 Å². The van der Waals surface area contributed by atoms with Gasteiger partial charge in [0, 0.05) is 11.6 Å². The van der Waals surface area contributed by atoms with Crippen LogP contribution in [-0.4, -0.2) is 11.7 Å². The molecule has 0 aromatic heterocycles. The van der Waals surface area contributed by atoms with Crippen molar-refractivity contribution in [1.29, 1.82) is 5.26 Å². The van der Waals surface area contributed by atoms with Gasteiger partial charge in [-0.3, -0.25) is 0 Å². The number of aliphatic hydroxyl groups excluding tert-OH is 1. The minimum Gasteiger partial charge on any atom is -0.387 e. The molecule has 0 saturated carbocycles. The molecule has 2 aromatic carbocycles. The zero-order valence-corrected chi connectivity index (χ0v) is 11.2. The molecule has 0 spiro atoms. The summed E-state index contributed by atoms with van der Waals surface area (Å²) < 4.78 is 13.6. The number of nitrogens with zero attached hydrogens (tertiary/aromatic N) is 1. The second kappa shape index (κ2) is 6.38. The molecule has 2 N–H and O–H groups in total. The highest BCUT2D eigenvalue weighted by Gasteiger charge is 2.09. The molecule has 20 heavy (non-hydrogen) atoms. The first-order chi connectivity index (χ1) is 9.60. The van der Waals surface area contributed by atoms with Crippen LogP contribution in [0.3, 0.4) is 0 Å². The quantitative estimate of drug-likeness (QED) is 0.906. The summed E-state index contributed by atoms with van der Waals surface area (Å²) in [6.45, 7) is 0.157.